The van der Waals surface area contributed by atoms with Crippen LogP contribution in [0.3, 0.4) is 0 Å². The zero-order valence-corrected chi connectivity index (χ0v) is 25.3. The number of hydrogen-bond acceptors (Lipinski definition) is 7. The summed E-state index contributed by atoms with van der Waals surface area (Å²) in [5.74, 6) is 0.975. The van der Waals surface area contributed by atoms with Gasteiger partial charge in [0.25, 0.3) is 17.4 Å². The molecule has 10 heteroatoms. The monoisotopic (exact) mass is 604 g/mol. The zero-order valence-electron chi connectivity index (χ0n) is 25.3. The van der Waals surface area contributed by atoms with Gasteiger partial charge in [-0.05, 0) is 60.9 Å². The van der Waals surface area contributed by atoms with Crippen LogP contribution in [0.5, 0.6) is 5.75 Å². The maximum atomic E-state index is 13.8. The van der Waals surface area contributed by atoms with Crippen molar-refractivity contribution in [2.24, 2.45) is 5.92 Å². The molecule has 0 aliphatic carbocycles. The van der Waals surface area contributed by atoms with Gasteiger partial charge in [-0.3, -0.25) is 19.4 Å². The van der Waals surface area contributed by atoms with Crippen molar-refractivity contribution in [1.29, 1.82) is 0 Å². The average molecular weight is 605 g/mol. The Kier molecular flexibility index (Phi) is 7.71. The molecule has 2 amide bonds. The third-order valence-corrected chi connectivity index (χ3v) is 9.23. The van der Waals surface area contributed by atoms with E-state index in [0.29, 0.717) is 62.0 Å². The number of methoxy groups -OCH3 is 1. The molecule has 45 heavy (non-hydrogen) atoms. The van der Waals surface area contributed by atoms with Crippen molar-refractivity contribution in [3.63, 3.8) is 0 Å². The number of pyridine rings is 2. The molecule has 0 spiro atoms. The third kappa shape index (κ3) is 5.63. The van der Waals surface area contributed by atoms with Crippen LogP contribution in [0.15, 0.2) is 90.0 Å². The molecule has 3 aliphatic rings. The number of nitrogens with one attached hydrogen (secondary N) is 1. The summed E-state index contributed by atoms with van der Waals surface area (Å²) in [7, 11) is 1.67. The lowest BCUT2D eigenvalue weighted by atomic mass is 9.83. The highest BCUT2D eigenvalue weighted by Crippen LogP contribution is 2.39. The topological polar surface area (TPSA) is 100 Å². The number of amides is 2. The van der Waals surface area contributed by atoms with E-state index in [-0.39, 0.29) is 23.3 Å². The van der Waals surface area contributed by atoms with Crippen molar-refractivity contribution in [3.8, 4) is 5.75 Å². The number of anilines is 3. The standard InChI is InChI=1S/C35H36N6O4/c1-45-32-9-3-2-7-31(32)38-14-16-39(17-15-38)35(44)25-11-12-30(28(19-25)37-34(43)26-6-5-13-36-20-26)40-21-24-18-27(23-40)29-8-4-10-33(42)41(29)22-24/h2-13,19-20,24,27H,14-18,21-23H2,1H3,(H,37,43). The van der Waals surface area contributed by atoms with Crippen LogP contribution in [0.1, 0.15) is 38.7 Å². The summed E-state index contributed by atoms with van der Waals surface area (Å²) >= 11 is 0. The van der Waals surface area contributed by atoms with E-state index in [0.717, 1.165) is 35.8 Å². The molecule has 5 heterocycles. The number of rotatable bonds is 6. The fraction of sp³-hybridized carbons (Fsp3) is 0.314. The summed E-state index contributed by atoms with van der Waals surface area (Å²) in [6.45, 7) is 4.68. The van der Waals surface area contributed by atoms with Crippen molar-refractivity contribution in [1.82, 2.24) is 14.5 Å². The molecule has 230 valence electrons. The number of fused-ring (bicyclic) bond motifs is 4. The van der Waals surface area contributed by atoms with E-state index in [9.17, 15) is 14.4 Å². The van der Waals surface area contributed by atoms with Gasteiger partial charge in [-0.2, -0.15) is 0 Å². The Labute approximate surface area is 261 Å². The third-order valence-electron chi connectivity index (χ3n) is 9.23. The molecule has 7 rings (SSSR count). The maximum Gasteiger partial charge on any atom is 0.257 e. The number of carbonyl (C=O) groups excluding carboxylic acids is 2. The summed E-state index contributed by atoms with van der Waals surface area (Å²) in [6.07, 6.45) is 4.19. The normalized spacial score (nSPS) is 19.1. The van der Waals surface area contributed by atoms with E-state index >= 15 is 0 Å². The van der Waals surface area contributed by atoms with Gasteiger partial charge in [0.05, 0.1) is 29.7 Å². The molecule has 3 aliphatic heterocycles. The van der Waals surface area contributed by atoms with Gasteiger partial charge in [0.1, 0.15) is 5.75 Å². The number of para-hydroxylation sites is 2. The molecule has 2 fully saturated rings. The molecule has 2 aromatic heterocycles. The molecule has 2 unspecified atom stereocenters. The first-order valence-electron chi connectivity index (χ1n) is 15.5. The number of piperidine rings is 1. The highest BCUT2D eigenvalue weighted by molar-refractivity contribution is 6.07. The largest absolute Gasteiger partial charge is 0.495 e. The number of carbonyl (C=O) groups is 2. The number of benzene rings is 2. The first kappa shape index (κ1) is 28.6. The van der Waals surface area contributed by atoms with Crippen molar-refractivity contribution in [2.75, 3.05) is 61.5 Å². The van der Waals surface area contributed by atoms with E-state index in [1.54, 1.807) is 37.6 Å². The fourth-order valence-corrected chi connectivity index (χ4v) is 7.05. The molecule has 10 nitrogen and oxygen atoms in total. The van der Waals surface area contributed by atoms with E-state index in [1.165, 1.54) is 6.20 Å². The number of ether oxygens (including phenoxy) is 1. The van der Waals surface area contributed by atoms with E-state index in [1.807, 2.05) is 58.0 Å². The maximum absolute atomic E-state index is 13.8. The summed E-state index contributed by atoms with van der Waals surface area (Å²) in [6, 6.07) is 22.5. The summed E-state index contributed by atoms with van der Waals surface area (Å²) in [5, 5.41) is 3.09. The van der Waals surface area contributed by atoms with Gasteiger partial charge in [-0.1, -0.05) is 18.2 Å². The Morgan fingerprint density at radius 2 is 1.69 bits per heavy atom. The molecule has 2 aromatic carbocycles. The number of aromatic nitrogens is 2. The zero-order chi connectivity index (χ0) is 30.9. The van der Waals surface area contributed by atoms with Crippen LogP contribution in [0.25, 0.3) is 0 Å². The molecule has 1 N–H and O–H groups in total. The lowest BCUT2D eigenvalue weighted by Gasteiger charge is -2.44. The first-order chi connectivity index (χ1) is 22.0. The van der Waals surface area contributed by atoms with Gasteiger partial charge < -0.3 is 29.3 Å². The smallest absolute Gasteiger partial charge is 0.257 e. The minimum absolute atomic E-state index is 0.0478. The average Bonchev–Trinajstić information content (AvgIpc) is 3.09. The second kappa shape index (κ2) is 12.1. The second-order valence-corrected chi connectivity index (χ2v) is 12.0. The van der Waals surface area contributed by atoms with Gasteiger partial charge in [0, 0.05) is 81.4 Å². The second-order valence-electron chi connectivity index (χ2n) is 12.0. The van der Waals surface area contributed by atoms with Gasteiger partial charge in [-0.15, -0.1) is 0 Å². The van der Waals surface area contributed by atoms with Crippen LogP contribution >= 0.6 is 0 Å². The highest BCUT2D eigenvalue weighted by atomic mass is 16.5. The quantitative estimate of drug-likeness (QED) is 0.354. The summed E-state index contributed by atoms with van der Waals surface area (Å²) < 4.78 is 7.46. The van der Waals surface area contributed by atoms with Gasteiger partial charge >= 0.3 is 0 Å². The molecular weight excluding hydrogens is 568 g/mol. The Balaban J connectivity index is 1.14. The lowest BCUT2D eigenvalue weighted by molar-refractivity contribution is 0.0746. The molecule has 2 atom stereocenters. The summed E-state index contributed by atoms with van der Waals surface area (Å²) in [5.41, 5.74) is 4.56. The van der Waals surface area contributed by atoms with E-state index < -0.39 is 0 Å². The molecule has 2 saturated heterocycles. The van der Waals surface area contributed by atoms with Crippen molar-refractivity contribution < 1.29 is 14.3 Å². The number of nitrogens with zero attached hydrogens (tertiary/aromatic N) is 5. The van der Waals surface area contributed by atoms with Gasteiger partial charge in [0.15, 0.2) is 0 Å². The molecular formula is C35H36N6O4. The van der Waals surface area contributed by atoms with Crippen molar-refractivity contribution >= 4 is 28.9 Å². The fourth-order valence-electron chi connectivity index (χ4n) is 7.05. The van der Waals surface area contributed by atoms with Crippen LogP contribution in [-0.4, -0.2) is 72.6 Å². The number of piperazine rings is 1. The SMILES string of the molecule is COc1ccccc1N1CCN(C(=O)c2ccc(N3CC4CC(C3)c3cccc(=O)n3C4)c(NC(=O)c3cccnc3)c2)CC1. The lowest BCUT2D eigenvalue weighted by Crippen LogP contribution is -2.49. The molecule has 4 aromatic rings. The molecule has 0 saturated carbocycles. The van der Waals surface area contributed by atoms with Gasteiger partial charge in [-0.25, -0.2) is 0 Å². The molecule has 2 bridgehead atoms. The summed E-state index contributed by atoms with van der Waals surface area (Å²) in [4.78, 5) is 50.2. The van der Waals surface area contributed by atoms with Gasteiger partial charge in [0.2, 0.25) is 0 Å². The van der Waals surface area contributed by atoms with Crippen LogP contribution in [0.2, 0.25) is 0 Å². The predicted molar refractivity (Wildman–Crippen MR) is 174 cm³/mol. The van der Waals surface area contributed by atoms with Crippen molar-refractivity contribution in [3.05, 3.63) is 112 Å². The number of hydrogen-bond donors (Lipinski definition) is 1. The Morgan fingerprint density at radius 1 is 0.844 bits per heavy atom. The molecule has 0 radical (unpaired) electrons. The van der Waals surface area contributed by atoms with E-state index in [2.05, 4.69) is 20.1 Å². The van der Waals surface area contributed by atoms with Crippen molar-refractivity contribution in [2.45, 2.75) is 18.9 Å². The Morgan fingerprint density at radius 3 is 2.49 bits per heavy atom. The predicted octanol–water partition coefficient (Wildman–Crippen LogP) is 4.09. The minimum Gasteiger partial charge on any atom is -0.495 e. The Bertz CT molecular complexity index is 1780. The van der Waals surface area contributed by atoms with Crippen LogP contribution in [0, 0.1) is 5.92 Å². The van der Waals surface area contributed by atoms with E-state index in [4.69, 9.17) is 4.74 Å². The van der Waals surface area contributed by atoms with Crippen LogP contribution < -0.4 is 25.4 Å². The van der Waals surface area contributed by atoms with Crippen LogP contribution in [0.4, 0.5) is 17.1 Å². The minimum atomic E-state index is -0.284. The highest BCUT2D eigenvalue weighted by Gasteiger charge is 2.35. The Hall–Kier alpha value is -5.12. The van der Waals surface area contributed by atoms with Crippen LogP contribution in [-0.2, 0) is 6.54 Å². The first-order valence-corrected chi connectivity index (χ1v) is 15.5.